The number of furan rings is 1. The highest BCUT2D eigenvalue weighted by Gasteiger charge is 1.85. The summed E-state index contributed by atoms with van der Waals surface area (Å²) in [7, 11) is 0. The molecule has 0 N–H and O–H groups in total. The molecule has 0 aromatic carbocycles. The third-order valence-electron chi connectivity index (χ3n) is 0.862. The highest BCUT2D eigenvalue weighted by Crippen LogP contribution is 2.02. The molecule has 0 fully saturated rings. The van der Waals surface area contributed by atoms with Crippen LogP contribution in [0.2, 0.25) is 0 Å². The zero-order valence-corrected chi connectivity index (χ0v) is 9.29. The molecular formula is C12H20O. The minimum absolute atomic E-state index is 0.833. The molecule has 0 bridgehead atoms. The van der Waals surface area contributed by atoms with Gasteiger partial charge in [0, 0.05) is 0 Å². The van der Waals surface area contributed by atoms with Crippen molar-refractivity contribution in [3.63, 3.8) is 0 Å². The molecule has 0 radical (unpaired) electrons. The summed E-state index contributed by atoms with van der Waals surface area (Å²) in [6.07, 6.45) is 9.75. The highest BCUT2D eigenvalue weighted by atomic mass is 16.3. The van der Waals surface area contributed by atoms with Crippen LogP contribution < -0.4 is 0 Å². The quantitative estimate of drug-likeness (QED) is 0.553. The van der Waals surface area contributed by atoms with Crippen molar-refractivity contribution in [1.29, 1.82) is 0 Å². The van der Waals surface area contributed by atoms with E-state index in [1.807, 2.05) is 19.9 Å². The summed E-state index contributed by atoms with van der Waals surface area (Å²) in [6.45, 7) is 10.4. The van der Waals surface area contributed by atoms with Crippen LogP contribution in [-0.4, -0.2) is 0 Å². The molecule has 0 atom stereocenters. The molecule has 0 spiro atoms. The molecule has 0 amide bonds. The molecule has 1 heterocycles. The number of aryl methyl sites for hydroxylation is 2. The maximum Gasteiger partial charge on any atom is 0.100 e. The Labute approximate surface area is 82.2 Å². The molecule has 1 aromatic rings. The van der Waals surface area contributed by atoms with Gasteiger partial charge in [-0.1, -0.05) is 20.8 Å². The van der Waals surface area contributed by atoms with Gasteiger partial charge in [-0.15, -0.1) is 12.8 Å². The minimum Gasteiger partial charge on any atom is -0.469 e. The molecule has 74 valence electrons. The standard InChI is InChI=1S/C6H8O.C4H10.C2H2/c1-5-3-6(2)7-4-5;1-4(2)3;1-2/h3-4H,1-2H3;4H,1-3H3;1-2H. The summed E-state index contributed by atoms with van der Waals surface area (Å²) in [5.74, 6) is 1.82. The third kappa shape index (κ3) is 13.8. The van der Waals surface area contributed by atoms with E-state index >= 15 is 0 Å². The molecular weight excluding hydrogens is 160 g/mol. The van der Waals surface area contributed by atoms with Crippen molar-refractivity contribution in [3.05, 3.63) is 23.7 Å². The van der Waals surface area contributed by atoms with Gasteiger partial charge in [0.1, 0.15) is 5.76 Å². The van der Waals surface area contributed by atoms with Gasteiger partial charge >= 0.3 is 0 Å². The number of rotatable bonds is 0. The van der Waals surface area contributed by atoms with E-state index in [9.17, 15) is 0 Å². The molecule has 0 unspecified atom stereocenters. The normalized spacial score (nSPS) is 8.00. The van der Waals surface area contributed by atoms with Crippen LogP contribution in [-0.2, 0) is 0 Å². The van der Waals surface area contributed by atoms with Crippen molar-refractivity contribution in [2.45, 2.75) is 34.6 Å². The Morgan fingerprint density at radius 2 is 1.54 bits per heavy atom. The van der Waals surface area contributed by atoms with E-state index in [1.54, 1.807) is 6.26 Å². The first-order chi connectivity index (χ1) is 6.02. The topological polar surface area (TPSA) is 13.1 Å². The summed E-state index contributed by atoms with van der Waals surface area (Å²) in [5, 5.41) is 0. The lowest BCUT2D eigenvalue weighted by atomic mass is 10.3. The molecule has 0 saturated carbocycles. The van der Waals surface area contributed by atoms with Crippen molar-refractivity contribution in [2.75, 3.05) is 0 Å². The van der Waals surface area contributed by atoms with Gasteiger partial charge in [-0.05, 0) is 31.4 Å². The van der Waals surface area contributed by atoms with Crippen molar-refractivity contribution >= 4 is 0 Å². The van der Waals surface area contributed by atoms with E-state index in [-0.39, 0.29) is 0 Å². The average Bonchev–Trinajstić information content (AvgIpc) is 2.38. The van der Waals surface area contributed by atoms with Crippen LogP contribution in [0.25, 0.3) is 0 Å². The van der Waals surface area contributed by atoms with Crippen molar-refractivity contribution < 1.29 is 4.42 Å². The smallest absolute Gasteiger partial charge is 0.100 e. The zero-order chi connectivity index (χ0) is 10.9. The van der Waals surface area contributed by atoms with Gasteiger partial charge in [-0.3, -0.25) is 0 Å². The molecule has 1 aromatic heterocycles. The largest absolute Gasteiger partial charge is 0.469 e. The second kappa shape index (κ2) is 8.93. The van der Waals surface area contributed by atoms with Crippen molar-refractivity contribution in [3.8, 4) is 12.8 Å². The number of terminal acetylenes is 1. The van der Waals surface area contributed by atoms with Crippen LogP contribution in [0.15, 0.2) is 16.7 Å². The van der Waals surface area contributed by atoms with E-state index in [1.165, 1.54) is 5.56 Å². The average molecular weight is 180 g/mol. The molecule has 1 heteroatoms. The fourth-order valence-corrected chi connectivity index (χ4v) is 0.575. The number of hydrogen-bond donors (Lipinski definition) is 0. The predicted molar refractivity (Wildman–Crippen MR) is 58.6 cm³/mol. The lowest BCUT2D eigenvalue weighted by Gasteiger charge is -1.79. The summed E-state index contributed by atoms with van der Waals surface area (Å²) in [6, 6.07) is 2.00. The summed E-state index contributed by atoms with van der Waals surface area (Å²) >= 11 is 0. The Kier molecular flexibility index (Phi) is 9.87. The van der Waals surface area contributed by atoms with Gasteiger partial charge in [0.15, 0.2) is 0 Å². The number of hydrogen-bond acceptors (Lipinski definition) is 1. The fourth-order valence-electron chi connectivity index (χ4n) is 0.575. The Balaban J connectivity index is 0. The summed E-state index contributed by atoms with van der Waals surface area (Å²) in [4.78, 5) is 0. The Hall–Kier alpha value is -1.16. The lowest BCUT2D eigenvalue weighted by molar-refractivity contribution is 0.533. The maximum absolute atomic E-state index is 4.96. The molecule has 0 aliphatic rings. The second-order valence-corrected chi connectivity index (χ2v) is 3.47. The Bertz CT molecular complexity index is 199. The van der Waals surface area contributed by atoms with Gasteiger partial charge < -0.3 is 4.42 Å². The molecule has 13 heavy (non-hydrogen) atoms. The molecule has 1 nitrogen and oxygen atoms in total. The van der Waals surface area contributed by atoms with E-state index in [4.69, 9.17) is 4.42 Å². The lowest BCUT2D eigenvalue weighted by Crippen LogP contribution is -1.66. The van der Waals surface area contributed by atoms with Crippen LogP contribution in [0.3, 0.4) is 0 Å². The van der Waals surface area contributed by atoms with Crippen LogP contribution in [0.1, 0.15) is 32.1 Å². The van der Waals surface area contributed by atoms with Crippen LogP contribution in [0.4, 0.5) is 0 Å². The van der Waals surface area contributed by atoms with Crippen LogP contribution in [0, 0.1) is 32.6 Å². The van der Waals surface area contributed by atoms with E-state index in [0.717, 1.165) is 11.7 Å². The second-order valence-electron chi connectivity index (χ2n) is 3.47. The maximum atomic E-state index is 4.96. The van der Waals surface area contributed by atoms with Gasteiger partial charge in [-0.2, -0.15) is 0 Å². The van der Waals surface area contributed by atoms with Gasteiger partial charge in [0.2, 0.25) is 0 Å². The monoisotopic (exact) mass is 180 g/mol. The SMILES string of the molecule is C#C.CC(C)C.Cc1coc(C)c1. The highest BCUT2D eigenvalue weighted by molar-refractivity contribution is 5.08. The van der Waals surface area contributed by atoms with Crippen molar-refractivity contribution in [1.82, 2.24) is 0 Å². The summed E-state index contributed by atoms with van der Waals surface area (Å²) < 4.78 is 4.96. The first-order valence-electron chi connectivity index (χ1n) is 4.37. The Morgan fingerprint density at radius 3 is 1.62 bits per heavy atom. The molecule has 1 rings (SSSR count). The van der Waals surface area contributed by atoms with Crippen LogP contribution in [0.5, 0.6) is 0 Å². The third-order valence-corrected chi connectivity index (χ3v) is 0.862. The van der Waals surface area contributed by atoms with E-state index in [2.05, 4.69) is 33.6 Å². The van der Waals surface area contributed by atoms with E-state index in [0.29, 0.717) is 0 Å². The summed E-state index contributed by atoms with van der Waals surface area (Å²) in [5.41, 5.74) is 1.19. The van der Waals surface area contributed by atoms with Gasteiger partial charge in [-0.25, -0.2) is 0 Å². The first-order valence-corrected chi connectivity index (χ1v) is 4.37. The predicted octanol–water partition coefficient (Wildman–Crippen LogP) is 3.81. The zero-order valence-electron chi connectivity index (χ0n) is 9.29. The Morgan fingerprint density at radius 1 is 1.15 bits per heavy atom. The first kappa shape index (κ1) is 14.4. The fraction of sp³-hybridized carbons (Fsp3) is 0.500. The molecule has 0 aliphatic heterocycles. The van der Waals surface area contributed by atoms with Gasteiger partial charge in [0.25, 0.3) is 0 Å². The van der Waals surface area contributed by atoms with Gasteiger partial charge in [0.05, 0.1) is 6.26 Å². The van der Waals surface area contributed by atoms with Crippen molar-refractivity contribution in [2.24, 2.45) is 5.92 Å². The van der Waals surface area contributed by atoms with Crippen LogP contribution >= 0.6 is 0 Å². The molecule has 0 aliphatic carbocycles. The molecule has 0 saturated heterocycles. The minimum atomic E-state index is 0.833. The van der Waals surface area contributed by atoms with E-state index < -0.39 is 0 Å².